The zero-order valence-electron chi connectivity index (χ0n) is 11.4. The molecule has 1 aromatic carbocycles. The summed E-state index contributed by atoms with van der Waals surface area (Å²) in [6.45, 7) is 12.3. The minimum Gasteiger partial charge on any atom is -0.0952 e. The van der Waals surface area contributed by atoms with E-state index in [9.17, 15) is 0 Å². The van der Waals surface area contributed by atoms with Gasteiger partial charge in [0.15, 0.2) is 0 Å². The Hall–Kier alpha value is -1.82. The highest BCUT2D eigenvalue weighted by Crippen LogP contribution is 2.17. The summed E-state index contributed by atoms with van der Waals surface area (Å²) < 4.78 is 0. The van der Waals surface area contributed by atoms with Crippen molar-refractivity contribution in [1.29, 1.82) is 0 Å². The average molecular weight is 238 g/mol. The molecular weight excluding hydrogens is 216 g/mol. The molecule has 0 spiro atoms. The minimum absolute atomic E-state index is 0.962. The topological polar surface area (TPSA) is 0 Å². The zero-order chi connectivity index (χ0) is 13.4. The van der Waals surface area contributed by atoms with Gasteiger partial charge in [-0.1, -0.05) is 61.7 Å². The molecule has 0 nitrogen and oxygen atoms in total. The predicted octanol–water partition coefficient (Wildman–Crippen LogP) is 5.17. The van der Waals surface area contributed by atoms with Gasteiger partial charge in [-0.3, -0.25) is 0 Å². The third kappa shape index (κ3) is 4.58. The normalized spacial score (nSPS) is 11.2. The van der Waals surface area contributed by atoms with Crippen molar-refractivity contribution < 1.29 is 0 Å². The number of hydrogen-bond donors (Lipinski definition) is 0. The van der Waals surface area contributed by atoms with Crippen molar-refractivity contribution in [2.75, 3.05) is 0 Å². The molecule has 0 aliphatic heterocycles. The smallest absolute Gasteiger partial charge is 0.0236 e. The van der Waals surface area contributed by atoms with Crippen LogP contribution in [-0.2, 0) is 6.42 Å². The molecule has 0 bridgehead atoms. The van der Waals surface area contributed by atoms with Gasteiger partial charge in [0.2, 0.25) is 0 Å². The molecule has 0 radical (unpaired) electrons. The Morgan fingerprint density at radius 3 is 2.56 bits per heavy atom. The van der Waals surface area contributed by atoms with E-state index in [1.54, 1.807) is 0 Å². The second-order valence-electron chi connectivity index (χ2n) is 4.44. The van der Waals surface area contributed by atoms with Crippen molar-refractivity contribution in [2.45, 2.75) is 26.7 Å². The number of hydrogen-bond acceptors (Lipinski definition) is 0. The molecule has 0 saturated carbocycles. The highest BCUT2D eigenvalue weighted by Gasteiger charge is 2.00. The minimum atomic E-state index is 0.962. The maximum atomic E-state index is 4.10. The van der Waals surface area contributed by atoms with Gasteiger partial charge in [0, 0.05) is 0 Å². The standard InChI is InChI=1S/C18H22/c1-5-6-7-10-15(2)16(3)13-14-18-12-9-8-11-17(18)4/h5-12H,2-3,13-14H2,1,4H3/b6-5-,10-7-. The zero-order valence-corrected chi connectivity index (χ0v) is 11.4. The maximum absolute atomic E-state index is 4.10. The van der Waals surface area contributed by atoms with Crippen LogP contribution < -0.4 is 0 Å². The van der Waals surface area contributed by atoms with Crippen LogP contribution in [0.2, 0.25) is 0 Å². The molecule has 0 fully saturated rings. The monoisotopic (exact) mass is 238 g/mol. The van der Waals surface area contributed by atoms with Crippen LogP contribution in [-0.4, -0.2) is 0 Å². The van der Waals surface area contributed by atoms with Crippen LogP contribution in [0, 0.1) is 6.92 Å². The van der Waals surface area contributed by atoms with Crippen molar-refractivity contribution in [3.05, 3.63) is 84.0 Å². The highest BCUT2D eigenvalue weighted by molar-refractivity contribution is 5.37. The third-order valence-electron chi connectivity index (χ3n) is 3.01. The van der Waals surface area contributed by atoms with Crippen LogP contribution in [0.4, 0.5) is 0 Å². The van der Waals surface area contributed by atoms with Crippen LogP contribution in [0.5, 0.6) is 0 Å². The molecule has 0 amide bonds. The number of allylic oxidation sites excluding steroid dienone is 6. The summed E-state index contributed by atoms with van der Waals surface area (Å²) in [7, 11) is 0. The molecule has 1 rings (SSSR count). The van der Waals surface area contributed by atoms with Crippen LogP contribution in [0.3, 0.4) is 0 Å². The van der Waals surface area contributed by atoms with E-state index in [-0.39, 0.29) is 0 Å². The lowest BCUT2D eigenvalue weighted by atomic mass is 9.98. The van der Waals surface area contributed by atoms with E-state index in [0.717, 1.165) is 24.0 Å². The first-order valence-corrected chi connectivity index (χ1v) is 6.36. The Morgan fingerprint density at radius 1 is 1.17 bits per heavy atom. The number of rotatable bonds is 6. The van der Waals surface area contributed by atoms with Gasteiger partial charge in [0.1, 0.15) is 0 Å². The lowest BCUT2D eigenvalue weighted by Gasteiger charge is -2.08. The highest BCUT2D eigenvalue weighted by atomic mass is 14.1. The quantitative estimate of drug-likeness (QED) is 0.600. The number of aryl methyl sites for hydroxylation is 2. The summed E-state index contributed by atoms with van der Waals surface area (Å²) in [5, 5.41) is 0. The Balaban J connectivity index is 2.51. The van der Waals surface area contributed by atoms with E-state index in [0.29, 0.717) is 0 Å². The van der Waals surface area contributed by atoms with Crippen molar-refractivity contribution in [3.8, 4) is 0 Å². The van der Waals surface area contributed by atoms with Gasteiger partial charge in [-0.2, -0.15) is 0 Å². The van der Waals surface area contributed by atoms with Gasteiger partial charge < -0.3 is 0 Å². The lowest BCUT2D eigenvalue weighted by molar-refractivity contribution is 0.949. The van der Waals surface area contributed by atoms with Gasteiger partial charge in [-0.25, -0.2) is 0 Å². The van der Waals surface area contributed by atoms with Crippen molar-refractivity contribution in [3.63, 3.8) is 0 Å². The van der Waals surface area contributed by atoms with Crippen LogP contribution >= 0.6 is 0 Å². The Labute approximate surface area is 111 Å². The summed E-state index contributed by atoms with van der Waals surface area (Å²) in [5.74, 6) is 0. The van der Waals surface area contributed by atoms with Crippen LogP contribution in [0.15, 0.2) is 72.9 Å². The van der Waals surface area contributed by atoms with Crippen LogP contribution in [0.1, 0.15) is 24.5 Å². The molecule has 1 aromatic rings. The fourth-order valence-corrected chi connectivity index (χ4v) is 1.74. The first-order chi connectivity index (χ1) is 8.65. The average Bonchev–Trinajstić information content (AvgIpc) is 2.37. The van der Waals surface area contributed by atoms with Crippen LogP contribution in [0.25, 0.3) is 0 Å². The van der Waals surface area contributed by atoms with Gasteiger partial charge in [-0.05, 0) is 49.0 Å². The summed E-state index contributed by atoms with van der Waals surface area (Å²) in [4.78, 5) is 0. The summed E-state index contributed by atoms with van der Waals surface area (Å²) in [6, 6.07) is 8.50. The summed E-state index contributed by atoms with van der Waals surface area (Å²) >= 11 is 0. The Morgan fingerprint density at radius 2 is 1.89 bits per heavy atom. The molecule has 0 saturated heterocycles. The molecule has 0 aromatic heterocycles. The van der Waals surface area contributed by atoms with Crippen molar-refractivity contribution in [1.82, 2.24) is 0 Å². The molecule has 94 valence electrons. The molecule has 0 unspecified atom stereocenters. The van der Waals surface area contributed by atoms with E-state index >= 15 is 0 Å². The van der Waals surface area contributed by atoms with E-state index in [4.69, 9.17) is 0 Å². The summed E-state index contributed by atoms with van der Waals surface area (Å²) in [6.07, 6.45) is 10.0. The molecule has 18 heavy (non-hydrogen) atoms. The fraction of sp³-hybridized carbons (Fsp3) is 0.222. The SMILES string of the molecule is C=C(/C=C\C=C/C)C(=C)CCc1ccccc1C. The molecule has 0 N–H and O–H groups in total. The van der Waals surface area contributed by atoms with E-state index in [2.05, 4.69) is 44.3 Å². The summed E-state index contributed by atoms with van der Waals surface area (Å²) in [5.41, 5.74) is 4.87. The van der Waals surface area contributed by atoms with E-state index in [1.807, 2.05) is 31.2 Å². The fourth-order valence-electron chi connectivity index (χ4n) is 1.74. The van der Waals surface area contributed by atoms with Gasteiger partial charge in [0.05, 0.1) is 0 Å². The molecular formula is C18H22. The predicted molar refractivity (Wildman–Crippen MR) is 81.7 cm³/mol. The van der Waals surface area contributed by atoms with Gasteiger partial charge in [-0.15, -0.1) is 0 Å². The third-order valence-corrected chi connectivity index (χ3v) is 3.01. The Bertz CT molecular complexity index is 473. The van der Waals surface area contributed by atoms with E-state index in [1.165, 1.54) is 11.1 Å². The second-order valence-corrected chi connectivity index (χ2v) is 4.44. The number of benzene rings is 1. The lowest BCUT2D eigenvalue weighted by Crippen LogP contribution is -1.92. The largest absolute Gasteiger partial charge is 0.0952 e. The maximum Gasteiger partial charge on any atom is -0.0236 e. The molecule has 0 heterocycles. The Kier molecular flexibility index (Phi) is 5.93. The van der Waals surface area contributed by atoms with Gasteiger partial charge in [0.25, 0.3) is 0 Å². The second kappa shape index (κ2) is 7.50. The first kappa shape index (κ1) is 14.2. The van der Waals surface area contributed by atoms with E-state index < -0.39 is 0 Å². The van der Waals surface area contributed by atoms with Crippen molar-refractivity contribution >= 4 is 0 Å². The van der Waals surface area contributed by atoms with Crippen molar-refractivity contribution in [2.24, 2.45) is 0 Å². The molecule has 0 atom stereocenters. The van der Waals surface area contributed by atoms with Gasteiger partial charge >= 0.3 is 0 Å². The molecule has 0 heteroatoms. The molecule has 0 aliphatic carbocycles. The first-order valence-electron chi connectivity index (χ1n) is 6.36. The molecule has 0 aliphatic rings.